The minimum absolute atomic E-state index is 0.0416. The summed E-state index contributed by atoms with van der Waals surface area (Å²) in [6, 6.07) is 9.26. The number of thiazole rings is 1. The molecule has 8 heteroatoms. The van der Waals surface area contributed by atoms with Crippen molar-refractivity contribution in [2.45, 2.75) is 19.9 Å². The Hall–Kier alpha value is -1.89. The predicted octanol–water partition coefficient (Wildman–Crippen LogP) is 4.97. The fourth-order valence-electron chi connectivity index (χ4n) is 2.27. The maximum absolute atomic E-state index is 5.95. The van der Waals surface area contributed by atoms with Crippen LogP contribution in [0.4, 0.5) is 11.8 Å². The lowest BCUT2D eigenvalue weighted by Gasteiger charge is -2.12. The highest BCUT2D eigenvalue weighted by Gasteiger charge is 2.16. The molecule has 0 saturated heterocycles. The molecule has 0 radical (unpaired) electrons. The van der Waals surface area contributed by atoms with E-state index in [1.807, 2.05) is 31.2 Å². The van der Waals surface area contributed by atoms with Gasteiger partial charge in [0.15, 0.2) is 0 Å². The van der Waals surface area contributed by atoms with Gasteiger partial charge >= 0.3 is 0 Å². The first-order chi connectivity index (χ1) is 11.4. The number of nitrogen functional groups attached to an aromatic ring is 1. The van der Waals surface area contributed by atoms with Crippen molar-refractivity contribution < 1.29 is 0 Å². The van der Waals surface area contributed by atoms with Gasteiger partial charge in [-0.2, -0.15) is 4.98 Å². The van der Waals surface area contributed by atoms with Crippen LogP contribution in [0.25, 0.3) is 11.3 Å². The average molecular weight is 380 g/mol. The monoisotopic (exact) mass is 379 g/mol. The van der Waals surface area contributed by atoms with Crippen LogP contribution in [-0.4, -0.2) is 15.0 Å². The van der Waals surface area contributed by atoms with E-state index in [0.29, 0.717) is 16.0 Å². The van der Waals surface area contributed by atoms with Gasteiger partial charge < -0.3 is 11.1 Å². The lowest BCUT2D eigenvalue weighted by molar-refractivity contribution is 0.860. The first-order valence-electron chi connectivity index (χ1n) is 7.22. The van der Waals surface area contributed by atoms with Crippen LogP contribution in [0.5, 0.6) is 0 Å². The number of halogens is 2. The Morgan fingerprint density at radius 1 is 1.12 bits per heavy atom. The van der Waals surface area contributed by atoms with Gasteiger partial charge in [0, 0.05) is 21.5 Å². The number of aromatic nitrogens is 3. The summed E-state index contributed by atoms with van der Waals surface area (Å²) in [6.45, 7) is 4.06. The van der Waals surface area contributed by atoms with Gasteiger partial charge in [-0.1, -0.05) is 35.3 Å². The van der Waals surface area contributed by atoms with Crippen LogP contribution in [0.2, 0.25) is 10.2 Å². The molecule has 1 atom stereocenters. The van der Waals surface area contributed by atoms with Crippen LogP contribution in [0.1, 0.15) is 22.9 Å². The van der Waals surface area contributed by atoms with Gasteiger partial charge in [-0.25, -0.2) is 9.97 Å². The standard InChI is InChI=1S/C16H15Cl2N5S/c1-8(20-13-7-12(18)21-16(19)22-13)15-23-14(9(2)24-15)10-3-5-11(17)6-4-10/h3-8H,1-2H3,(H3,19,20,21,22). The second kappa shape index (κ2) is 6.93. The normalized spacial score (nSPS) is 12.2. The van der Waals surface area contributed by atoms with Crippen molar-refractivity contribution in [2.75, 3.05) is 11.1 Å². The molecule has 124 valence electrons. The van der Waals surface area contributed by atoms with Crippen molar-refractivity contribution in [3.8, 4) is 11.3 Å². The number of anilines is 2. The van der Waals surface area contributed by atoms with Crippen LogP contribution < -0.4 is 11.1 Å². The quantitative estimate of drug-likeness (QED) is 0.625. The largest absolute Gasteiger partial charge is 0.368 e. The Bertz CT molecular complexity index is 843. The van der Waals surface area contributed by atoms with Gasteiger partial charge in [0.2, 0.25) is 5.95 Å². The summed E-state index contributed by atoms with van der Waals surface area (Å²) in [4.78, 5) is 13.9. The summed E-state index contributed by atoms with van der Waals surface area (Å²) < 4.78 is 0. The molecule has 3 rings (SSSR count). The van der Waals surface area contributed by atoms with Crippen LogP contribution in [0.15, 0.2) is 30.3 Å². The molecule has 0 bridgehead atoms. The van der Waals surface area contributed by atoms with Gasteiger partial charge in [-0.05, 0) is 26.0 Å². The van der Waals surface area contributed by atoms with Crippen LogP contribution in [-0.2, 0) is 0 Å². The minimum atomic E-state index is -0.0416. The zero-order valence-corrected chi connectivity index (χ0v) is 15.4. The molecule has 0 saturated carbocycles. The molecule has 3 N–H and O–H groups in total. The third-order valence-electron chi connectivity index (χ3n) is 3.38. The van der Waals surface area contributed by atoms with Crippen LogP contribution >= 0.6 is 34.5 Å². The molecule has 1 unspecified atom stereocenters. The lowest BCUT2D eigenvalue weighted by atomic mass is 10.1. The Morgan fingerprint density at radius 3 is 2.50 bits per heavy atom. The van der Waals surface area contributed by atoms with E-state index in [0.717, 1.165) is 21.1 Å². The average Bonchev–Trinajstić information content (AvgIpc) is 2.89. The molecule has 24 heavy (non-hydrogen) atoms. The van der Waals surface area contributed by atoms with Crippen molar-refractivity contribution >= 4 is 46.3 Å². The summed E-state index contributed by atoms with van der Waals surface area (Å²) in [5, 5.41) is 5.21. The zero-order valence-electron chi connectivity index (χ0n) is 13.0. The highest BCUT2D eigenvalue weighted by Crippen LogP contribution is 2.32. The van der Waals surface area contributed by atoms with Gasteiger partial charge in [-0.15, -0.1) is 11.3 Å². The number of rotatable bonds is 4. The van der Waals surface area contributed by atoms with Crippen LogP contribution in [0.3, 0.4) is 0 Å². The fraction of sp³-hybridized carbons (Fsp3) is 0.188. The lowest BCUT2D eigenvalue weighted by Crippen LogP contribution is -2.09. The molecule has 5 nitrogen and oxygen atoms in total. The maximum Gasteiger partial charge on any atom is 0.223 e. The third-order valence-corrected chi connectivity index (χ3v) is 4.98. The maximum atomic E-state index is 5.95. The summed E-state index contributed by atoms with van der Waals surface area (Å²) in [6.07, 6.45) is 0. The summed E-state index contributed by atoms with van der Waals surface area (Å²) in [5.74, 6) is 0.704. The number of nitrogens with zero attached hydrogens (tertiary/aromatic N) is 3. The second-order valence-electron chi connectivity index (χ2n) is 5.26. The summed E-state index contributed by atoms with van der Waals surface area (Å²) in [5.41, 5.74) is 7.62. The third kappa shape index (κ3) is 3.77. The topological polar surface area (TPSA) is 76.7 Å². The number of benzene rings is 1. The van der Waals surface area contributed by atoms with E-state index < -0.39 is 0 Å². The van der Waals surface area contributed by atoms with Crippen molar-refractivity contribution in [2.24, 2.45) is 0 Å². The van der Waals surface area contributed by atoms with Gasteiger partial charge in [0.05, 0.1) is 11.7 Å². The Morgan fingerprint density at radius 2 is 1.83 bits per heavy atom. The van der Waals surface area contributed by atoms with Crippen molar-refractivity contribution in [3.63, 3.8) is 0 Å². The van der Waals surface area contributed by atoms with Gasteiger partial charge in [0.25, 0.3) is 0 Å². The number of hydrogen-bond donors (Lipinski definition) is 2. The molecule has 0 aliphatic heterocycles. The predicted molar refractivity (Wildman–Crippen MR) is 101 cm³/mol. The smallest absolute Gasteiger partial charge is 0.223 e. The molecule has 0 spiro atoms. The number of nitrogens with one attached hydrogen (secondary N) is 1. The first-order valence-corrected chi connectivity index (χ1v) is 8.79. The minimum Gasteiger partial charge on any atom is -0.368 e. The molecule has 0 amide bonds. The Balaban J connectivity index is 1.84. The molecule has 2 heterocycles. The van der Waals surface area contributed by atoms with Crippen LogP contribution in [0, 0.1) is 6.92 Å². The van der Waals surface area contributed by atoms with E-state index >= 15 is 0 Å². The number of aryl methyl sites for hydroxylation is 1. The second-order valence-corrected chi connectivity index (χ2v) is 7.32. The summed E-state index contributed by atoms with van der Waals surface area (Å²) >= 11 is 13.5. The molecule has 0 fully saturated rings. The van der Waals surface area contributed by atoms with Crippen molar-refractivity contribution in [1.82, 2.24) is 15.0 Å². The molecule has 0 aliphatic carbocycles. The summed E-state index contributed by atoms with van der Waals surface area (Å²) in [7, 11) is 0. The van der Waals surface area contributed by atoms with E-state index in [1.165, 1.54) is 0 Å². The van der Waals surface area contributed by atoms with E-state index in [4.69, 9.17) is 33.9 Å². The highest BCUT2D eigenvalue weighted by molar-refractivity contribution is 7.12. The number of hydrogen-bond acceptors (Lipinski definition) is 6. The van der Waals surface area contributed by atoms with E-state index in [-0.39, 0.29) is 12.0 Å². The molecule has 1 aromatic carbocycles. The zero-order chi connectivity index (χ0) is 17.3. The first kappa shape index (κ1) is 17.0. The van der Waals surface area contributed by atoms with Crippen molar-refractivity contribution in [1.29, 1.82) is 0 Å². The number of nitrogens with two attached hydrogens (primary N) is 1. The molecule has 0 aliphatic rings. The molecular weight excluding hydrogens is 365 g/mol. The fourth-order valence-corrected chi connectivity index (χ4v) is 3.53. The van der Waals surface area contributed by atoms with Gasteiger partial charge in [0.1, 0.15) is 16.0 Å². The molecule has 2 aromatic heterocycles. The highest BCUT2D eigenvalue weighted by atomic mass is 35.5. The Kier molecular flexibility index (Phi) is 4.89. The van der Waals surface area contributed by atoms with E-state index in [2.05, 4.69) is 22.2 Å². The van der Waals surface area contributed by atoms with Crippen molar-refractivity contribution in [3.05, 3.63) is 50.4 Å². The van der Waals surface area contributed by atoms with E-state index in [1.54, 1.807) is 17.4 Å². The SMILES string of the molecule is Cc1sc(C(C)Nc2cc(Cl)nc(N)n2)nc1-c1ccc(Cl)cc1. The Labute approximate surface area is 153 Å². The van der Waals surface area contributed by atoms with Gasteiger partial charge in [-0.3, -0.25) is 0 Å². The molecule has 3 aromatic rings. The molecular formula is C16H15Cl2N5S. The van der Waals surface area contributed by atoms with E-state index in [9.17, 15) is 0 Å².